The lowest BCUT2D eigenvalue weighted by molar-refractivity contribution is -0.117. The number of carbonyl (C=O) groups excluding carboxylic acids is 1. The van der Waals surface area contributed by atoms with E-state index in [1.807, 2.05) is 0 Å². The molecule has 3 nitrogen and oxygen atoms in total. The Hall–Kier alpha value is -0.840. The topological polar surface area (TPSA) is 55.1 Å². The molecule has 0 radical (unpaired) electrons. The molecule has 1 saturated carbocycles. The molecule has 0 aliphatic heterocycles. The second kappa shape index (κ2) is 6.29. The third kappa shape index (κ3) is 3.84. The number of halogens is 3. The summed E-state index contributed by atoms with van der Waals surface area (Å²) in [5, 5.41) is 2.43. The molecule has 1 aliphatic carbocycles. The number of carbonyl (C=O) groups is 1. The van der Waals surface area contributed by atoms with Crippen LogP contribution in [0.25, 0.3) is 0 Å². The summed E-state index contributed by atoms with van der Waals surface area (Å²) in [4.78, 5) is 12.0. The van der Waals surface area contributed by atoms with Gasteiger partial charge in [0.15, 0.2) is 5.82 Å². The molecule has 0 bridgehead atoms. The third-order valence-corrected chi connectivity index (χ3v) is 4.18. The van der Waals surface area contributed by atoms with Crippen LogP contribution in [0.5, 0.6) is 0 Å². The van der Waals surface area contributed by atoms with Crippen LogP contribution in [0.1, 0.15) is 38.5 Å². The van der Waals surface area contributed by atoms with Crippen molar-refractivity contribution in [2.45, 2.75) is 44.1 Å². The maximum atomic E-state index is 13.3. The quantitative estimate of drug-likeness (QED) is 0.823. The minimum absolute atomic E-state index is 0.118. The van der Waals surface area contributed by atoms with Crippen molar-refractivity contribution >= 4 is 34.8 Å². The molecule has 0 spiro atoms. The van der Waals surface area contributed by atoms with Crippen molar-refractivity contribution in [3.8, 4) is 0 Å². The molecule has 0 heterocycles. The lowest BCUT2D eigenvalue weighted by atomic mass is 9.80. The van der Waals surface area contributed by atoms with Crippen LogP contribution >= 0.6 is 23.2 Å². The first-order valence-corrected chi connectivity index (χ1v) is 7.38. The number of amides is 1. The number of hydrogen-bond acceptors (Lipinski definition) is 2. The van der Waals surface area contributed by atoms with Crippen LogP contribution in [0.15, 0.2) is 12.1 Å². The van der Waals surface area contributed by atoms with E-state index in [9.17, 15) is 9.18 Å². The van der Waals surface area contributed by atoms with E-state index in [4.69, 9.17) is 28.9 Å². The molecule has 0 atom stereocenters. The van der Waals surface area contributed by atoms with Crippen LogP contribution in [-0.2, 0) is 4.79 Å². The highest BCUT2D eigenvalue weighted by molar-refractivity contribution is 6.35. The number of nitrogens with one attached hydrogen (secondary N) is 1. The van der Waals surface area contributed by atoms with Crippen molar-refractivity contribution in [1.29, 1.82) is 0 Å². The third-order valence-electron chi connectivity index (χ3n) is 3.63. The maximum Gasteiger partial charge on any atom is 0.226 e. The van der Waals surface area contributed by atoms with Crippen molar-refractivity contribution in [3.63, 3.8) is 0 Å². The highest BCUT2D eigenvalue weighted by atomic mass is 35.5. The number of anilines is 1. The first-order valence-electron chi connectivity index (χ1n) is 6.63. The lowest BCUT2D eigenvalue weighted by Gasteiger charge is -2.32. The van der Waals surface area contributed by atoms with Gasteiger partial charge in [0.1, 0.15) is 0 Å². The summed E-state index contributed by atoms with van der Waals surface area (Å²) in [7, 11) is 0. The molecule has 20 heavy (non-hydrogen) atoms. The zero-order chi connectivity index (χ0) is 14.8. The molecular weight excluding hydrogens is 302 g/mol. The van der Waals surface area contributed by atoms with Gasteiger partial charge in [0.2, 0.25) is 5.91 Å². The first-order chi connectivity index (χ1) is 9.39. The van der Waals surface area contributed by atoms with E-state index in [1.54, 1.807) is 0 Å². The smallest absolute Gasteiger partial charge is 0.226 e. The average molecular weight is 319 g/mol. The van der Waals surface area contributed by atoms with Crippen LogP contribution in [-0.4, -0.2) is 11.4 Å². The van der Waals surface area contributed by atoms with Gasteiger partial charge in [-0.25, -0.2) is 4.39 Å². The molecular formula is C14H17Cl2FN2O. The predicted octanol–water partition coefficient (Wildman–Crippen LogP) is 4.12. The summed E-state index contributed by atoms with van der Waals surface area (Å²) < 4.78 is 13.3. The molecule has 6 heteroatoms. The molecule has 110 valence electrons. The van der Waals surface area contributed by atoms with Crippen LogP contribution in [0.3, 0.4) is 0 Å². The molecule has 0 unspecified atom stereocenters. The van der Waals surface area contributed by atoms with Gasteiger partial charge < -0.3 is 11.1 Å². The standard InChI is InChI=1S/C14H17Cl2FN2O/c15-10-6-9(7-11(16)13(10)17)19-12(20)8-14(18)4-2-1-3-5-14/h6-7H,1-5,8,18H2,(H,19,20). The Balaban J connectivity index is 2.01. The zero-order valence-corrected chi connectivity index (χ0v) is 12.5. The Kier molecular flexibility index (Phi) is 4.89. The van der Waals surface area contributed by atoms with Gasteiger partial charge in [-0.15, -0.1) is 0 Å². The van der Waals surface area contributed by atoms with Crippen LogP contribution in [0, 0.1) is 5.82 Å². The van der Waals surface area contributed by atoms with Gasteiger partial charge in [-0.05, 0) is 25.0 Å². The molecule has 1 fully saturated rings. The van der Waals surface area contributed by atoms with Gasteiger partial charge in [-0.1, -0.05) is 42.5 Å². The molecule has 1 aromatic rings. The van der Waals surface area contributed by atoms with E-state index in [0.29, 0.717) is 5.69 Å². The Morgan fingerprint density at radius 1 is 1.25 bits per heavy atom. The van der Waals surface area contributed by atoms with Gasteiger partial charge in [0.25, 0.3) is 0 Å². The van der Waals surface area contributed by atoms with E-state index in [2.05, 4.69) is 5.32 Å². The SMILES string of the molecule is NC1(CC(=O)Nc2cc(Cl)c(F)c(Cl)c2)CCCCC1. The molecule has 1 amide bonds. The monoisotopic (exact) mass is 318 g/mol. The second-order valence-corrected chi connectivity index (χ2v) is 6.22. The fourth-order valence-corrected chi connectivity index (χ4v) is 3.07. The Morgan fingerprint density at radius 2 is 1.80 bits per heavy atom. The minimum atomic E-state index is -0.686. The van der Waals surface area contributed by atoms with Gasteiger partial charge >= 0.3 is 0 Å². The highest BCUT2D eigenvalue weighted by Crippen LogP contribution is 2.30. The summed E-state index contributed by atoms with van der Waals surface area (Å²) in [5.74, 6) is -0.887. The number of hydrogen-bond donors (Lipinski definition) is 2. The lowest BCUT2D eigenvalue weighted by Crippen LogP contribution is -2.44. The van der Waals surface area contributed by atoms with Gasteiger partial charge in [-0.3, -0.25) is 4.79 Å². The summed E-state index contributed by atoms with van der Waals surface area (Å²) >= 11 is 11.4. The van der Waals surface area contributed by atoms with E-state index in [0.717, 1.165) is 25.7 Å². The van der Waals surface area contributed by atoms with Crippen LogP contribution in [0.4, 0.5) is 10.1 Å². The number of nitrogens with two attached hydrogens (primary N) is 1. The molecule has 2 rings (SSSR count). The van der Waals surface area contributed by atoms with Crippen LogP contribution < -0.4 is 11.1 Å². The van der Waals surface area contributed by atoms with E-state index in [-0.39, 0.29) is 22.4 Å². The van der Waals surface area contributed by atoms with Crippen LogP contribution in [0.2, 0.25) is 10.0 Å². The summed E-state index contributed by atoms with van der Waals surface area (Å²) in [6, 6.07) is 2.68. The summed E-state index contributed by atoms with van der Waals surface area (Å²) in [6.07, 6.45) is 5.23. The van der Waals surface area contributed by atoms with Crippen molar-refractivity contribution in [2.75, 3.05) is 5.32 Å². The van der Waals surface area contributed by atoms with Crippen molar-refractivity contribution < 1.29 is 9.18 Å². The van der Waals surface area contributed by atoms with Gasteiger partial charge in [0.05, 0.1) is 10.0 Å². The largest absolute Gasteiger partial charge is 0.326 e. The van der Waals surface area contributed by atoms with E-state index >= 15 is 0 Å². The fourth-order valence-electron chi connectivity index (χ4n) is 2.59. The van der Waals surface area contributed by atoms with Gasteiger partial charge in [0, 0.05) is 17.6 Å². The molecule has 1 aromatic carbocycles. The normalized spacial score (nSPS) is 17.8. The Labute approximate surface area is 127 Å². The van der Waals surface area contributed by atoms with Crippen molar-refractivity contribution in [2.24, 2.45) is 5.73 Å². The average Bonchev–Trinajstić information content (AvgIpc) is 2.35. The Morgan fingerprint density at radius 3 is 2.35 bits per heavy atom. The molecule has 1 aliphatic rings. The number of benzene rings is 1. The van der Waals surface area contributed by atoms with E-state index in [1.165, 1.54) is 18.6 Å². The second-order valence-electron chi connectivity index (χ2n) is 5.40. The molecule has 0 aromatic heterocycles. The number of rotatable bonds is 3. The van der Waals surface area contributed by atoms with Crippen molar-refractivity contribution in [3.05, 3.63) is 28.0 Å². The molecule has 0 saturated heterocycles. The van der Waals surface area contributed by atoms with E-state index < -0.39 is 11.4 Å². The van der Waals surface area contributed by atoms with Crippen molar-refractivity contribution in [1.82, 2.24) is 0 Å². The maximum absolute atomic E-state index is 13.3. The first kappa shape index (κ1) is 15.5. The minimum Gasteiger partial charge on any atom is -0.326 e. The summed E-state index contributed by atoms with van der Waals surface area (Å²) in [6.45, 7) is 0. The highest BCUT2D eigenvalue weighted by Gasteiger charge is 2.30. The Bertz CT molecular complexity index is 493. The molecule has 3 N–H and O–H groups in total. The van der Waals surface area contributed by atoms with Gasteiger partial charge in [-0.2, -0.15) is 0 Å². The summed E-state index contributed by atoms with van der Waals surface area (Å²) in [5.41, 5.74) is 6.17. The predicted molar refractivity (Wildman–Crippen MR) is 79.7 cm³/mol. The zero-order valence-electron chi connectivity index (χ0n) is 11.0. The fraction of sp³-hybridized carbons (Fsp3) is 0.500.